The van der Waals surface area contributed by atoms with Crippen LogP contribution in [-0.4, -0.2) is 18.0 Å². The highest BCUT2D eigenvalue weighted by molar-refractivity contribution is 7.99. The number of thioether (sulfide) groups is 1. The Kier molecular flexibility index (Phi) is 6.81. The molecule has 2 N–H and O–H groups in total. The fraction of sp³-hybridized carbons (Fsp3) is 0.235. The van der Waals surface area contributed by atoms with E-state index in [1.54, 1.807) is 31.4 Å². The first-order chi connectivity index (χ1) is 11.5. The summed E-state index contributed by atoms with van der Waals surface area (Å²) in [7, 11) is 1.63. The van der Waals surface area contributed by atoms with Gasteiger partial charge in [0, 0.05) is 16.1 Å². The van der Waals surface area contributed by atoms with Crippen molar-refractivity contribution in [3.8, 4) is 5.75 Å². The first-order valence-corrected chi connectivity index (χ1v) is 8.53. The van der Waals surface area contributed by atoms with Gasteiger partial charge in [-0.3, -0.25) is 0 Å². The third-order valence-corrected chi connectivity index (χ3v) is 4.23. The van der Waals surface area contributed by atoms with Crippen molar-refractivity contribution in [2.24, 2.45) is 0 Å². The molecule has 0 unspecified atom stereocenters. The lowest BCUT2D eigenvalue weighted by atomic mass is 10.1. The molecular weight excluding hydrogens is 350 g/mol. The highest BCUT2D eigenvalue weighted by atomic mass is 32.2. The molecule has 3 nitrogen and oxygen atoms in total. The van der Waals surface area contributed by atoms with Gasteiger partial charge in [-0.1, -0.05) is 30.0 Å². The van der Waals surface area contributed by atoms with E-state index in [-0.39, 0.29) is 6.04 Å². The zero-order valence-electron chi connectivity index (χ0n) is 13.3. The molecule has 0 aliphatic rings. The lowest BCUT2D eigenvalue weighted by Crippen LogP contribution is -2.31. The fourth-order valence-corrected chi connectivity index (χ4v) is 2.98. The minimum Gasteiger partial charge on any atom is -0.496 e. The van der Waals surface area contributed by atoms with Crippen LogP contribution < -0.4 is 15.4 Å². The molecular formula is C17H18F2N2OS2. The Morgan fingerprint density at radius 3 is 2.42 bits per heavy atom. The van der Waals surface area contributed by atoms with E-state index >= 15 is 0 Å². The van der Waals surface area contributed by atoms with Crippen LogP contribution in [0.2, 0.25) is 0 Å². The van der Waals surface area contributed by atoms with E-state index in [9.17, 15) is 8.78 Å². The molecule has 0 saturated heterocycles. The second-order valence-electron chi connectivity index (χ2n) is 4.96. The summed E-state index contributed by atoms with van der Waals surface area (Å²) in [5.41, 5.74) is 1.73. The van der Waals surface area contributed by atoms with Crippen molar-refractivity contribution in [2.75, 3.05) is 12.4 Å². The normalized spacial score (nSPS) is 11.9. The van der Waals surface area contributed by atoms with Gasteiger partial charge in [0.2, 0.25) is 0 Å². The number of ether oxygens (including phenoxy) is 1. The number of anilines is 1. The summed E-state index contributed by atoms with van der Waals surface area (Å²) in [5, 5.41) is 6.67. The average molecular weight is 368 g/mol. The second-order valence-corrected chi connectivity index (χ2v) is 6.44. The van der Waals surface area contributed by atoms with E-state index in [0.717, 1.165) is 17.0 Å². The number of hydrogen-bond acceptors (Lipinski definition) is 3. The molecule has 0 bridgehead atoms. The summed E-state index contributed by atoms with van der Waals surface area (Å²) < 4.78 is 30.0. The smallest absolute Gasteiger partial charge is 0.288 e. The van der Waals surface area contributed by atoms with E-state index in [4.69, 9.17) is 17.0 Å². The zero-order chi connectivity index (χ0) is 17.5. The van der Waals surface area contributed by atoms with Crippen LogP contribution in [0.4, 0.5) is 14.5 Å². The van der Waals surface area contributed by atoms with Crippen molar-refractivity contribution in [3.63, 3.8) is 0 Å². The number of para-hydroxylation sites is 1. The third kappa shape index (κ3) is 5.35. The lowest BCUT2D eigenvalue weighted by molar-refractivity contribution is 0.252. The zero-order valence-corrected chi connectivity index (χ0v) is 14.9. The quantitative estimate of drug-likeness (QED) is 0.550. The van der Waals surface area contributed by atoms with Crippen LogP contribution in [-0.2, 0) is 0 Å². The summed E-state index contributed by atoms with van der Waals surface area (Å²) in [6, 6.07) is 14.3. The predicted molar refractivity (Wildman–Crippen MR) is 99.1 cm³/mol. The molecule has 0 amide bonds. The Hall–Kier alpha value is -1.86. The van der Waals surface area contributed by atoms with Gasteiger partial charge in [0.1, 0.15) is 5.75 Å². The van der Waals surface area contributed by atoms with Crippen molar-refractivity contribution in [1.29, 1.82) is 0 Å². The molecule has 128 valence electrons. The standard InChI is InChI=1S/C17H18F2N2OS2/c1-11(14-5-3-4-6-15(14)22-2)20-17(23)21-12-7-9-13(10-8-12)24-16(18)19/h3-11,16H,1-2H3,(H2,20,21,23)/t11-/m1/s1. The maximum Gasteiger partial charge on any atom is 0.288 e. The molecule has 7 heteroatoms. The van der Waals surface area contributed by atoms with Gasteiger partial charge in [-0.25, -0.2) is 0 Å². The summed E-state index contributed by atoms with van der Waals surface area (Å²) in [4.78, 5) is 0.511. The highest BCUT2D eigenvalue weighted by Crippen LogP contribution is 2.27. The molecule has 1 atom stereocenters. The number of thiocarbonyl (C=S) groups is 1. The Labute approximate surface area is 149 Å². The van der Waals surface area contributed by atoms with Crippen molar-refractivity contribution in [1.82, 2.24) is 5.32 Å². The van der Waals surface area contributed by atoms with Gasteiger partial charge in [0.15, 0.2) is 5.11 Å². The van der Waals surface area contributed by atoms with Crippen LogP contribution in [0.5, 0.6) is 5.75 Å². The molecule has 0 aliphatic carbocycles. The number of rotatable bonds is 6. The highest BCUT2D eigenvalue weighted by Gasteiger charge is 2.12. The van der Waals surface area contributed by atoms with E-state index in [0.29, 0.717) is 21.8 Å². The molecule has 2 aromatic rings. The Bertz CT molecular complexity index is 681. The first-order valence-electron chi connectivity index (χ1n) is 7.25. The van der Waals surface area contributed by atoms with Crippen LogP contribution >= 0.6 is 24.0 Å². The molecule has 0 heterocycles. The second kappa shape index (κ2) is 8.84. The molecule has 2 aromatic carbocycles. The maximum atomic E-state index is 12.3. The molecule has 0 saturated carbocycles. The van der Waals surface area contributed by atoms with Gasteiger partial charge in [0.25, 0.3) is 5.76 Å². The molecule has 0 aromatic heterocycles. The Balaban J connectivity index is 1.95. The monoisotopic (exact) mass is 368 g/mol. The van der Waals surface area contributed by atoms with Crippen LogP contribution in [0.25, 0.3) is 0 Å². The Morgan fingerprint density at radius 1 is 1.12 bits per heavy atom. The van der Waals surface area contributed by atoms with Crippen molar-refractivity contribution in [3.05, 3.63) is 54.1 Å². The lowest BCUT2D eigenvalue weighted by Gasteiger charge is -2.19. The summed E-state index contributed by atoms with van der Waals surface area (Å²) in [6.07, 6.45) is 0. The van der Waals surface area contributed by atoms with Crippen molar-refractivity contribution < 1.29 is 13.5 Å². The average Bonchev–Trinajstić information content (AvgIpc) is 2.56. The molecule has 0 radical (unpaired) electrons. The third-order valence-electron chi connectivity index (χ3n) is 3.29. The minimum atomic E-state index is -2.42. The van der Waals surface area contributed by atoms with Gasteiger partial charge in [0.05, 0.1) is 13.2 Å². The predicted octanol–water partition coefficient (Wildman–Crippen LogP) is 5.06. The van der Waals surface area contributed by atoms with Gasteiger partial charge in [-0.2, -0.15) is 8.78 Å². The first kappa shape index (κ1) is 18.5. The number of halogens is 2. The number of alkyl halides is 2. The van der Waals surface area contributed by atoms with Gasteiger partial charge < -0.3 is 15.4 Å². The van der Waals surface area contributed by atoms with E-state index < -0.39 is 5.76 Å². The number of methoxy groups -OCH3 is 1. The van der Waals surface area contributed by atoms with Gasteiger partial charge in [-0.15, -0.1) is 0 Å². The van der Waals surface area contributed by atoms with E-state index in [1.807, 2.05) is 31.2 Å². The van der Waals surface area contributed by atoms with Crippen LogP contribution in [0.1, 0.15) is 18.5 Å². The van der Waals surface area contributed by atoms with Crippen LogP contribution in [0.3, 0.4) is 0 Å². The topological polar surface area (TPSA) is 33.3 Å². The SMILES string of the molecule is COc1ccccc1[C@@H](C)NC(=S)Nc1ccc(SC(F)F)cc1. The van der Waals surface area contributed by atoms with Crippen LogP contribution in [0, 0.1) is 0 Å². The summed E-state index contributed by atoms with van der Waals surface area (Å²) in [6.45, 7) is 1.98. The molecule has 0 spiro atoms. The molecule has 24 heavy (non-hydrogen) atoms. The Morgan fingerprint density at radius 2 is 1.79 bits per heavy atom. The van der Waals surface area contributed by atoms with E-state index in [1.165, 1.54) is 0 Å². The molecule has 0 fully saturated rings. The number of hydrogen-bond donors (Lipinski definition) is 2. The van der Waals surface area contributed by atoms with Crippen molar-refractivity contribution in [2.45, 2.75) is 23.6 Å². The summed E-state index contributed by atoms with van der Waals surface area (Å²) in [5.74, 6) is -1.64. The largest absolute Gasteiger partial charge is 0.496 e. The van der Waals surface area contributed by atoms with Gasteiger partial charge in [-0.05, 0) is 49.5 Å². The number of benzene rings is 2. The van der Waals surface area contributed by atoms with Gasteiger partial charge >= 0.3 is 0 Å². The van der Waals surface area contributed by atoms with E-state index in [2.05, 4.69) is 10.6 Å². The maximum absolute atomic E-state index is 12.3. The summed E-state index contributed by atoms with van der Waals surface area (Å²) >= 11 is 5.82. The number of nitrogens with one attached hydrogen (secondary N) is 2. The minimum absolute atomic E-state index is 0.0465. The fourth-order valence-electron chi connectivity index (χ4n) is 2.19. The van der Waals surface area contributed by atoms with Crippen LogP contribution in [0.15, 0.2) is 53.4 Å². The molecule has 0 aliphatic heterocycles. The molecule has 2 rings (SSSR count). The van der Waals surface area contributed by atoms with Crippen molar-refractivity contribution >= 4 is 34.8 Å².